The third-order valence-corrected chi connectivity index (χ3v) is 8.37. The number of anilines is 1. The molecule has 0 amide bonds. The first-order valence-electron chi connectivity index (χ1n) is 9.65. The van der Waals surface area contributed by atoms with E-state index in [-0.39, 0.29) is 0 Å². The standard InChI is InChI=1S/C20H25ClN4O2S/c1-14-11-19(15(2)10-18(14)21)28(26,27)25-12-16-4-8-24(9-5-17(16)13-25)20-22-6-3-7-23-20/h3,6-7,10-11,16-17H,4-5,8-9,12-13H2,1-2H3/t16-,17+. The molecule has 2 atom stereocenters. The lowest BCUT2D eigenvalue weighted by Crippen LogP contribution is -2.32. The minimum absolute atomic E-state index is 0.372. The fourth-order valence-corrected chi connectivity index (χ4v) is 6.39. The first kappa shape index (κ1) is 19.6. The zero-order valence-corrected chi connectivity index (χ0v) is 17.7. The van der Waals surface area contributed by atoms with E-state index in [0.29, 0.717) is 40.4 Å². The summed E-state index contributed by atoms with van der Waals surface area (Å²) in [6.45, 7) is 6.53. The van der Waals surface area contributed by atoms with Gasteiger partial charge in [0.05, 0.1) is 4.90 Å². The molecule has 8 heteroatoms. The Hall–Kier alpha value is -1.70. The number of hydrogen-bond donors (Lipinski definition) is 0. The van der Waals surface area contributed by atoms with Gasteiger partial charge in [-0.25, -0.2) is 18.4 Å². The number of aryl methyl sites for hydroxylation is 2. The molecule has 2 aliphatic heterocycles. The molecule has 28 heavy (non-hydrogen) atoms. The molecule has 0 radical (unpaired) electrons. The lowest BCUT2D eigenvalue weighted by Gasteiger charge is -2.22. The van der Waals surface area contributed by atoms with E-state index in [9.17, 15) is 8.42 Å². The molecule has 0 bridgehead atoms. The second-order valence-electron chi connectivity index (χ2n) is 7.82. The summed E-state index contributed by atoms with van der Waals surface area (Å²) in [6, 6.07) is 5.27. The lowest BCUT2D eigenvalue weighted by molar-refractivity contribution is 0.409. The summed E-state index contributed by atoms with van der Waals surface area (Å²) in [7, 11) is -3.51. The Morgan fingerprint density at radius 3 is 2.21 bits per heavy atom. The molecule has 0 aliphatic carbocycles. The van der Waals surface area contributed by atoms with E-state index in [1.807, 2.05) is 19.9 Å². The van der Waals surface area contributed by atoms with Gasteiger partial charge in [-0.05, 0) is 67.9 Å². The van der Waals surface area contributed by atoms with E-state index in [0.717, 1.165) is 37.4 Å². The quantitative estimate of drug-likeness (QED) is 0.762. The van der Waals surface area contributed by atoms with Crippen molar-refractivity contribution in [3.8, 4) is 0 Å². The highest BCUT2D eigenvalue weighted by Gasteiger charge is 2.41. The molecule has 3 heterocycles. The highest BCUT2D eigenvalue weighted by Crippen LogP contribution is 2.36. The Labute approximate surface area is 171 Å². The van der Waals surface area contributed by atoms with Gasteiger partial charge in [0.1, 0.15) is 0 Å². The molecule has 0 unspecified atom stereocenters. The number of benzene rings is 1. The highest BCUT2D eigenvalue weighted by molar-refractivity contribution is 7.89. The van der Waals surface area contributed by atoms with E-state index in [2.05, 4.69) is 14.9 Å². The van der Waals surface area contributed by atoms with Crippen molar-refractivity contribution >= 4 is 27.6 Å². The fourth-order valence-electron chi connectivity index (χ4n) is 4.33. The maximum Gasteiger partial charge on any atom is 0.243 e. The predicted molar refractivity (Wildman–Crippen MR) is 110 cm³/mol. The summed E-state index contributed by atoms with van der Waals surface area (Å²) < 4.78 is 28.2. The molecule has 2 aliphatic rings. The summed E-state index contributed by atoms with van der Waals surface area (Å²) in [5.41, 5.74) is 1.49. The monoisotopic (exact) mass is 420 g/mol. The van der Waals surface area contributed by atoms with Crippen molar-refractivity contribution in [1.82, 2.24) is 14.3 Å². The first-order valence-corrected chi connectivity index (χ1v) is 11.5. The molecule has 4 rings (SSSR count). The summed E-state index contributed by atoms with van der Waals surface area (Å²) in [5.74, 6) is 1.51. The van der Waals surface area contributed by atoms with E-state index < -0.39 is 10.0 Å². The maximum atomic E-state index is 13.3. The Balaban J connectivity index is 1.50. The predicted octanol–water partition coefficient (Wildman–Crippen LogP) is 3.28. The van der Waals surface area contributed by atoms with Crippen LogP contribution in [-0.2, 0) is 10.0 Å². The third-order valence-electron chi connectivity index (χ3n) is 5.99. The number of rotatable bonds is 3. The van der Waals surface area contributed by atoms with Crippen LogP contribution in [0.15, 0.2) is 35.5 Å². The van der Waals surface area contributed by atoms with E-state index in [1.54, 1.807) is 28.8 Å². The Kier molecular flexibility index (Phi) is 5.33. The minimum atomic E-state index is -3.51. The van der Waals surface area contributed by atoms with Gasteiger partial charge in [-0.1, -0.05) is 11.6 Å². The van der Waals surface area contributed by atoms with Crippen molar-refractivity contribution in [2.75, 3.05) is 31.1 Å². The normalized spacial score (nSPS) is 23.5. The molecule has 2 fully saturated rings. The summed E-state index contributed by atoms with van der Waals surface area (Å²) >= 11 is 6.15. The molecule has 6 nitrogen and oxygen atoms in total. The van der Waals surface area contributed by atoms with Gasteiger partial charge in [0, 0.05) is 43.6 Å². The molecular formula is C20H25ClN4O2S. The van der Waals surface area contributed by atoms with Gasteiger partial charge in [-0.3, -0.25) is 0 Å². The molecule has 2 aromatic rings. The molecule has 0 saturated carbocycles. The van der Waals surface area contributed by atoms with Gasteiger partial charge < -0.3 is 4.90 Å². The van der Waals surface area contributed by atoms with Crippen molar-refractivity contribution in [1.29, 1.82) is 0 Å². The number of fused-ring (bicyclic) bond motifs is 1. The number of aromatic nitrogens is 2. The number of sulfonamides is 1. The maximum absolute atomic E-state index is 13.3. The number of hydrogen-bond acceptors (Lipinski definition) is 5. The number of halogens is 1. The van der Waals surface area contributed by atoms with E-state index >= 15 is 0 Å². The third kappa shape index (κ3) is 3.63. The second kappa shape index (κ2) is 7.61. The van der Waals surface area contributed by atoms with Crippen molar-refractivity contribution in [2.24, 2.45) is 11.8 Å². The van der Waals surface area contributed by atoms with Gasteiger partial charge in [0.15, 0.2) is 0 Å². The molecule has 1 aromatic heterocycles. The van der Waals surface area contributed by atoms with Gasteiger partial charge in [0.25, 0.3) is 0 Å². The van der Waals surface area contributed by atoms with Crippen LogP contribution in [0.25, 0.3) is 0 Å². The Morgan fingerprint density at radius 1 is 1.00 bits per heavy atom. The average molecular weight is 421 g/mol. The zero-order chi connectivity index (χ0) is 19.9. The second-order valence-corrected chi connectivity index (χ2v) is 10.1. The summed E-state index contributed by atoms with van der Waals surface area (Å²) in [6.07, 6.45) is 5.43. The smallest absolute Gasteiger partial charge is 0.243 e. The molecule has 0 spiro atoms. The SMILES string of the molecule is Cc1cc(S(=O)(=O)N2C[C@H]3CCN(c4ncccn4)CC[C@H]3C2)c(C)cc1Cl. The van der Waals surface area contributed by atoms with Crippen LogP contribution in [-0.4, -0.2) is 48.9 Å². The molecule has 150 valence electrons. The van der Waals surface area contributed by atoms with Crippen LogP contribution in [0, 0.1) is 25.7 Å². The van der Waals surface area contributed by atoms with Crippen LogP contribution in [0.3, 0.4) is 0 Å². The van der Waals surface area contributed by atoms with Crippen LogP contribution in [0.1, 0.15) is 24.0 Å². The molecular weight excluding hydrogens is 396 g/mol. The molecule has 2 saturated heterocycles. The first-order chi connectivity index (χ1) is 13.4. The van der Waals surface area contributed by atoms with E-state index in [4.69, 9.17) is 11.6 Å². The Morgan fingerprint density at radius 2 is 1.61 bits per heavy atom. The van der Waals surface area contributed by atoms with Crippen LogP contribution >= 0.6 is 11.6 Å². The van der Waals surface area contributed by atoms with Crippen molar-refractivity contribution in [3.05, 3.63) is 46.7 Å². The minimum Gasteiger partial charge on any atom is -0.341 e. The fraction of sp³-hybridized carbons (Fsp3) is 0.500. The molecule has 1 aromatic carbocycles. The van der Waals surface area contributed by atoms with Gasteiger partial charge in [-0.2, -0.15) is 4.31 Å². The van der Waals surface area contributed by atoms with Crippen LogP contribution < -0.4 is 4.90 Å². The lowest BCUT2D eigenvalue weighted by atomic mass is 9.92. The van der Waals surface area contributed by atoms with Gasteiger partial charge >= 0.3 is 0 Å². The molecule has 0 N–H and O–H groups in total. The van der Waals surface area contributed by atoms with E-state index in [1.165, 1.54) is 0 Å². The van der Waals surface area contributed by atoms with Crippen LogP contribution in [0.2, 0.25) is 5.02 Å². The topological polar surface area (TPSA) is 66.4 Å². The Bertz CT molecular complexity index is 952. The zero-order valence-electron chi connectivity index (χ0n) is 16.2. The van der Waals surface area contributed by atoms with Gasteiger partial charge in [-0.15, -0.1) is 0 Å². The van der Waals surface area contributed by atoms with Gasteiger partial charge in [0.2, 0.25) is 16.0 Å². The highest BCUT2D eigenvalue weighted by atomic mass is 35.5. The largest absolute Gasteiger partial charge is 0.341 e. The van der Waals surface area contributed by atoms with Crippen LogP contribution in [0.5, 0.6) is 0 Å². The number of nitrogens with zero attached hydrogens (tertiary/aromatic N) is 4. The van der Waals surface area contributed by atoms with Crippen LogP contribution in [0.4, 0.5) is 5.95 Å². The van der Waals surface area contributed by atoms with Crippen molar-refractivity contribution < 1.29 is 8.42 Å². The summed E-state index contributed by atoms with van der Waals surface area (Å²) in [4.78, 5) is 11.3. The van der Waals surface area contributed by atoms with Crippen molar-refractivity contribution in [3.63, 3.8) is 0 Å². The van der Waals surface area contributed by atoms with Crippen molar-refractivity contribution in [2.45, 2.75) is 31.6 Å². The average Bonchev–Trinajstić information content (AvgIpc) is 2.99. The summed E-state index contributed by atoms with van der Waals surface area (Å²) in [5, 5.41) is 0.603.